The Morgan fingerprint density at radius 2 is 1.00 bits per heavy atom. The number of hydrogen-bond acceptors (Lipinski definition) is 4. The second kappa shape index (κ2) is 12.6. The molecule has 0 atom stereocenters. The summed E-state index contributed by atoms with van der Waals surface area (Å²) in [6, 6.07) is 51.7. The van der Waals surface area contributed by atoms with Crippen LogP contribution in [0.15, 0.2) is 133 Å². The lowest BCUT2D eigenvalue weighted by Gasteiger charge is -2.46. The van der Waals surface area contributed by atoms with Crippen LogP contribution in [0.2, 0.25) is 0 Å². The predicted octanol–water partition coefficient (Wildman–Crippen LogP) is 15.0. The zero-order valence-electron chi connectivity index (χ0n) is 35.5. The van der Waals surface area contributed by atoms with E-state index in [1.807, 2.05) is 22.7 Å². The number of fused-ring (bicyclic) bond motifs is 12. The van der Waals surface area contributed by atoms with Gasteiger partial charge >= 0.3 is 6.85 Å². The van der Waals surface area contributed by atoms with Crippen LogP contribution in [-0.4, -0.2) is 6.85 Å². The third kappa shape index (κ3) is 5.50. The van der Waals surface area contributed by atoms with Gasteiger partial charge in [-0.2, -0.15) is 0 Å². The summed E-state index contributed by atoms with van der Waals surface area (Å²) >= 11 is 3.84. The van der Waals surface area contributed by atoms with Crippen molar-refractivity contribution in [3.05, 3.63) is 150 Å². The SMILES string of the molecule is CC(C)(C)c1ccc(N2B3c4cc(C(C)(C)C)ccc4N(c4ccc(C(C)(C)C)cc4)c4cc5sc6ccccc6c5c(c43)-c3ccc4sc5ccccc5c4c32)cc1. The van der Waals surface area contributed by atoms with Crippen molar-refractivity contribution in [2.75, 3.05) is 9.71 Å². The number of thiophene rings is 2. The minimum absolute atomic E-state index is 0.0343. The normalized spacial score (nSPS) is 14.1. The Kier molecular flexibility index (Phi) is 7.83. The molecule has 0 saturated heterocycles. The highest BCUT2D eigenvalue weighted by molar-refractivity contribution is 7.26. The fourth-order valence-corrected chi connectivity index (χ4v) is 12.1. The van der Waals surface area contributed by atoms with Crippen LogP contribution in [0.4, 0.5) is 28.4 Å². The van der Waals surface area contributed by atoms with Gasteiger partial charge in [0.15, 0.2) is 0 Å². The summed E-state index contributed by atoms with van der Waals surface area (Å²) in [5.41, 5.74) is 15.7. The van der Waals surface area contributed by atoms with Gasteiger partial charge < -0.3 is 9.71 Å². The topological polar surface area (TPSA) is 6.48 Å². The molecule has 4 heterocycles. The smallest absolute Gasteiger partial charge is 0.333 e. The molecular weight excluding hydrogens is 752 g/mol. The molecule has 59 heavy (non-hydrogen) atoms. The average Bonchev–Trinajstić information content (AvgIpc) is 3.78. The summed E-state index contributed by atoms with van der Waals surface area (Å²) in [6.07, 6.45) is 0. The molecule has 0 bridgehead atoms. The summed E-state index contributed by atoms with van der Waals surface area (Å²) in [5, 5.41) is 5.38. The van der Waals surface area contributed by atoms with E-state index in [0.717, 1.165) is 0 Å². The van der Waals surface area contributed by atoms with Gasteiger partial charge in [0.1, 0.15) is 0 Å². The van der Waals surface area contributed by atoms with Crippen LogP contribution in [0.5, 0.6) is 0 Å². The van der Waals surface area contributed by atoms with E-state index in [1.54, 1.807) is 0 Å². The van der Waals surface area contributed by atoms with Crippen molar-refractivity contribution in [2.24, 2.45) is 0 Å². The number of nitrogens with zero attached hydrogens (tertiary/aromatic N) is 2. The highest BCUT2D eigenvalue weighted by Crippen LogP contribution is 2.55. The lowest BCUT2D eigenvalue weighted by atomic mass is 9.43. The van der Waals surface area contributed by atoms with Gasteiger partial charge in [-0.1, -0.05) is 141 Å². The number of rotatable bonds is 2. The molecule has 2 aliphatic heterocycles. The molecule has 7 aromatic carbocycles. The van der Waals surface area contributed by atoms with Crippen molar-refractivity contribution < 1.29 is 0 Å². The van der Waals surface area contributed by atoms with Crippen LogP contribution in [-0.2, 0) is 16.2 Å². The Morgan fingerprint density at radius 3 is 1.61 bits per heavy atom. The fourth-order valence-electron chi connectivity index (χ4n) is 9.80. The molecule has 2 aliphatic rings. The molecule has 0 spiro atoms. The molecule has 11 rings (SSSR count). The minimum atomic E-state index is -0.0808. The van der Waals surface area contributed by atoms with Gasteiger partial charge in [0.25, 0.3) is 0 Å². The monoisotopic (exact) mass is 800 g/mol. The molecule has 0 radical (unpaired) electrons. The standard InChI is InChI=1S/C54H49BN2S2/c1-52(2,3)32-18-23-35(24-19-32)56-41-28-22-34(54(7,8)9)30-40(41)55-50-42(56)31-46-47(37-14-10-12-16-43(37)59-46)49(50)39-27-29-45-48(38-15-11-13-17-44(38)58-45)51(39)57(55)36-25-20-33(21-26-36)53(4,5)6/h10-31H,1-9H3. The third-order valence-electron chi connectivity index (χ3n) is 12.9. The maximum Gasteiger partial charge on any atom is 0.333 e. The van der Waals surface area contributed by atoms with Crippen molar-refractivity contribution >= 4 is 109 Å². The Bertz CT molecular complexity index is 3170. The summed E-state index contributed by atoms with van der Waals surface area (Å²) in [7, 11) is 0. The third-order valence-corrected chi connectivity index (χ3v) is 15.2. The van der Waals surface area contributed by atoms with E-state index in [1.165, 1.54) is 108 Å². The van der Waals surface area contributed by atoms with E-state index in [9.17, 15) is 0 Å². The van der Waals surface area contributed by atoms with Gasteiger partial charge in [-0.15, -0.1) is 22.7 Å². The van der Waals surface area contributed by atoms with Crippen molar-refractivity contribution in [1.82, 2.24) is 0 Å². The van der Waals surface area contributed by atoms with Crippen molar-refractivity contribution in [2.45, 2.75) is 78.6 Å². The second-order valence-corrected chi connectivity index (χ2v) is 22.0. The molecule has 0 N–H and O–H groups in total. The summed E-state index contributed by atoms with van der Waals surface area (Å²) in [5.74, 6) is 0. The van der Waals surface area contributed by atoms with Gasteiger partial charge in [-0.05, 0) is 104 Å². The first-order chi connectivity index (χ1) is 28.2. The Hall–Kier alpha value is -5.36. The van der Waals surface area contributed by atoms with Crippen LogP contribution < -0.4 is 20.6 Å². The number of hydrogen-bond donors (Lipinski definition) is 0. The minimum Gasteiger partial charge on any atom is -0.376 e. The van der Waals surface area contributed by atoms with Crippen LogP contribution >= 0.6 is 22.7 Å². The number of benzene rings is 7. The van der Waals surface area contributed by atoms with Gasteiger partial charge in [0.2, 0.25) is 0 Å². The fraction of sp³-hybridized carbons (Fsp3) is 0.222. The van der Waals surface area contributed by atoms with E-state index in [-0.39, 0.29) is 23.1 Å². The highest BCUT2D eigenvalue weighted by atomic mass is 32.1. The Balaban J connectivity index is 1.34. The maximum atomic E-state index is 2.74. The molecule has 0 fully saturated rings. The van der Waals surface area contributed by atoms with Crippen LogP contribution in [0.25, 0.3) is 51.5 Å². The molecule has 2 aromatic heterocycles. The molecule has 0 aliphatic carbocycles. The van der Waals surface area contributed by atoms with E-state index in [0.29, 0.717) is 0 Å². The molecule has 9 aromatic rings. The molecule has 5 heteroatoms. The Morgan fingerprint density at radius 1 is 0.458 bits per heavy atom. The van der Waals surface area contributed by atoms with Gasteiger partial charge in [0.05, 0.1) is 0 Å². The second-order valence-electron chi connectivity index (χ2n) is 19.8. The molecule has 2 nitrogen and oxygen atoms in total. The largest absolute Gasteiger partial charge is 0.376 e. The Labute approximate surface area is 356 Å². The first-order valence-electron chi connectivity index (χ1n) is 21.0. The zero-order chi connectivity index (χ0) is 40.7. The van der Waals surface area contributed by atoms with Crippen LogP contribution in [0, 0.1) is 0 Å². The highest BCUT2D eigenvalue weighted by Gasteiger charge is 2.47. The first-order valence-corrected chi connectivity index (χ1v) is 22.7. The predicted molar refractivity (Wildman–Crippen MR) is 262 cm³/mol. The maximum absolute atomic E-state index is 2.74. The molecule has 290 valence electrons. The van der Waals surface area contributed by atoms with E-state index in [4.69, 9.17) is 0 Å². The molecule has 0 saturated carbocycles. The van der Waals surface area contributed by atoms with Crippen LogP contribution in [0.1, 0.15) is 79.0 Å². The molecular formula is C54H49BN2S2. The van der Waals surface area contributed by atoms with E-state index in [2.05, 4.69) is 205 Å². The lowest BCUT2D eigenvalue weighted by Crippen LogP contribution is -2.61. The van der Waals surface area contributed by atoms with Crippen molar-refractivity contribution in [1.29, 1.82) is 0 Å². The summed E-state index contributed by atoms with van der Waals surface area (Å²) < 4.78 is 5.31. The summed E-state index contributed by atoms with van der Waals surface area (Å²) in [4.78, 5) is 5.32. The van der Waals surface area contributed by atoms with Gasteiger partial charge in [-0.25, -0.2) is 0 Å². The zero-order valence-corrected chi connectivity index (χ0v) is 37.1. The van der Waals surface area contributed by atoms with E-state index < -0.39 is 0 Å². The summed E-state index contributed by atoms with van der Waals surface area (Å²) in [6.45, 7) is 20.8. The average molecular weight is 801 g/mol. The first kappa shape index (κ1) is 36.7. The van der Waals surface area contributed by atoms with Crippen LogP contribution in [0.3, 0.4) is 0 Å². The van der Waals surface area contributed by atoms with Gasteiger partial charge in [0, 0.05) is 74.3 Å². The molecule has 0 unspecified atom stereocenters. The van der Waals surface area contributed by atoms with Crippen molar-refractivity contribution in [3.63, 3.8) is 0 Å². The van der Waals surface area contributed by atoms with E-state index >= 15 is 0 Å². The van der Waals surface area contributed by atoms with Crippen molar-refractivity contribution in [3.8, 4) is 11.1 Å². The van der Waals surface area contributed by atoms with Gasteiger partial charge in [-0.3, -0.25) is 0 Å². The number of anilines is 5. The lowest BCUT2D eigenvalue weighted by molar-refractivity contribution is 0.590. The quantitative estimate of drug-likeness (QED) is 0.161. The molecule has 0 amide bonds.